The summed E-state index contributed by atoms with van der Waals surface area (Å²) in [5.74, 6) is -0.101. The number of rotatable bonds is 8. The van der Waals surface area contributed by atoms with Crippen molar-refractivity contribution in [1.29, 1.82) is 0 Å². The zero-order valence-corrected chi connectivity index (χ0v) is 15.2. The van der Waals surface area contributed by atoms with Crippen LogP contribution in [0.4, 0.5) is 0 Å². The third-order valence-corrected chi connectivity index (χ3v) is 3.67. The van der Waals surface area contributed by atoms with E-state index in [1.807, 2.05) is 38.1 Å². The molecule has 0 atom stereocenters. The third-order valence-electron chi connectivity index (χ3n) is 3.67. The Kier molecular flexibility index (Phi) is 8.46. The Labute approximate surface area is 149 Å². The summed E-state index contributed by atoms with van der Waals surface area (Å²) in [6.45, 7) is 6.65. The summed E-state index contributed by atoms with van der Waals surface area (Å²) in [7, 11) is 1.67. The van der Waals surface area contributed by atoms with Crippen molar-refractivity contribution >= 4 is 18.3 Å². The molecule has 1 amide bonds. The van der Waals surface area contributed by atoms with Crippen LogP contribution in [0.1, 0.15) is 21.6 Å². The van der Waals surface area contributed by atoms with Gasteiger partial charge >= 0.3 is 0 Å². The number of para-hydroxylation sites is 1. The van der Waals surface area contributed by atoms with E-state index in [1.165, 1.54) is 0 Å². The number of hydrogen-bond acceptors (Lipinski definition) is 4. The molecule has 0 unspecified atom stereocenters. The van der Waals surface area contributed by atoms with E-state index in [-0.39, 0.29) is 18.3 Å². The summed E-state index contributed by atoms with van der Waals surface area (Å²) >= 11 is 0. The van der Waals surface area contributed by atoms with Crippen molar-refractivity contribution in [3.05, 3.63) is 47.3 Å². The lowest BCUT2D eigenvalue weighted by Crippen LogP contribution is -2.33. The molecule has 0 spiro atoms. The number of nitrogens with one attached hydrogen (secondary N) is 2. The van der Waals surface area contributed by atoms with Crippen molar-refractivity contribution in [2.45, 2.75) is 13.8 Å². The van der Waals surface area contributed by atoms with Crippen LogP contribution in [-0.4, -0.2) is 49.0 Å². The molecular weight excluding hydrogens is 328 g/mol. The fraction of sp³-hybridized carbons (Fsp3) is 0.412. The normalized spacial score (nSPS) is 10.3. The first-order valence-electron chi connectivity index (χ1n) is 7.73. The van der Waals surface area contributed by atoms with Gasteiger partial charge in [-0.2, -0.15) is 5.10 Å². The second kappa shape index (κ2) is 10.1. The molecule has 0 saturated heterocycles. The molecule has 24 heavy (non-hydrogen) atoms. The number of carbonyl (C=O) groups excluding carboxylic acids is 1. The predicted octanol–water partition coefficient (Wildman–Crippen LogP) is 1.88. The molecule has 6 nitrogen and oxygen atoms in total. The van der Waals surface area contributed by atoms with E-state index in [4.69, 9.17) is 4.74 Å². The minimum Gasteiger partial charge on any atom is -0.383 e. The Morgan fingerprint density at radius 2 is 1.96 bits per heavy atom. The first-order chi connectivity index (χ1) is 11.1. The van der Waals surface area contributed by atoms with Gasteiger partial charge in [-0.05, 0) is 25.5 Å². The number of halogens is 1. The predicted molar refractivity (Wildman–Crippen MR) is 97.4 cm³/mol. The summed E-state index contributed by atoms with van der Waals surface area (Å²) < 4.78 is 6.75. The minimum atomic E-state index is -0.101. The Morgan fingerprint density at radius 3 is 2.67 bits per heavy atom. The second-order valence-electron chi connectivity index (χ2n) is 5.34. The van der Waals surface area contributed by atoms with Gasteiger partial charge in [-0.15, -0.1) is 12.4 Å². The van der Waals surface area contributed by atoms with Crippen molar-refractivity contribution in [3.63, 3.8) is 0 Å². The Hall–Kier alpha value is -1.89. The average molecular weight is 353 g/mol. The van der Waals surface area contributed by atoms with Crippen LogP contribution < -0.4 is 10.6 Å². The van der Waals surface area contributed by atoms with Gasteiger partial charge in [0.2, 0.25) is 0 Å². The molecule has 1 aromatic heterocycles. The van der Waals surface area contributed by atoms with E-state index in [9.17, 15) is 4.79 Å². The van der Waals surface area contributed by atoms with E-state index in [0.717, 1.165) is 23.5 Å². The first-order valence-corrected chi connectivity index (χ1v) is 7.73. The number of ether oxygens (including phenoxy) is 1. The van der Waals surface area contributed by atoms with Crippen LogP contribution in [0.2, 0.25) is 0 Å². The number of methoxy groups -OCH3 is 1. The molecule has 2 rings (SSSR count). The van der Waals surface area contributed by atoms with Gasteiger partial charge in [0.05, 0.1) is 29.7 Å². The number of benzene rings is 1. The van der Waals surface area contributed by atoms with Crippen molar-refractivity contribution in [3.8, 4) is 5.69 Å². The van der Waals surface area contributed by atoms with Crippen molar-refractivity contribution in [1.82, 2.24) is 20.4 Å². The van der Waals surface area contributed by atoms with Gasteiger partial charge in [-0.3, -0.25) is 4.79 Å². The zero-order valence-electron chi connectivity index (χ0n) is 14.3. The summed E-state index contributed by atoms with van der Waals surface area (Å²) in [6, 6.07) is 7.98. The maximum atomic E-state index is 12.3. The number of hydrogen-bond donors (Lipinski definition) is 2. The van der Waals surface area contributed by atoms with Crippen LogP contribution in [0.15, 0.2) is 30.5 Å². The summed E-state index contributed by atoms with van der Waals surface area (Å²) in [5, 5.41) is 10.4. The van der Waals surface area contributed by atoms with E-state index >= 15 is 0 Å². The van der Waals surface area contributed by atoms with Crippen LogP contribution in [0.3, 0.4) is 0 Å². The zero-order chi connectivity index (χ0) is 16.7. The molecule has 132 valence electrons. The number of aromatic nitrogens is 2. The highest BCUT2D eigenvalue weighted by atomic mass is 35.5. The number of amides is 1. The van der Waals surface area contributed by atoms with Crippen LogP contribution in [-0.2, 0) is 4.74 Å². The molecule has 0 aliphatic rings. The van der Waals surface area contributed by atoms with Gasteiger partial charge in [0, 0.05) is 26.7 Å². The average Bonchev–Trinajstić information content (AvgIpc) is 2.92. The van der Waals surface area contributed by atoms with E-state index in [0.29, 0.717) is 25.3 Å². The molecular formula is C17H25ClN4O2. The smallest absolute Gasteiger partial charge is 0.254 e. The summed E-state index contributed by atoms with van der Waals surface area (Å²) in [4.78, 5) is 12.3. The lowest BCUT2D eigenvalue weighted by Gasteiger charge is -2.09. The fourth-order valence-electron chi connectivity index (χ4n) is 2.34. The van der Waals surface area contributed by atoms with Gasteiger partial charge in [0.15, 0.2) is 0 Å². The number of carbonyl (C=O) groups is 1. The summed E-state index contributed by atoms with van der Waals surface area (Å²) in [5.41, 5.74) is 3.55. The van der Waals surface area contributed by atoms with Crippen molar-refractivity contribution in [2.24, 2.45) is 0 Å². The van der Waals surface area contributed by atoms with Crippen LogP contribution in [0, 0.1) is 13.8 Å². The quantitative estimate of drug-likeness (QED) is 0.712. The molecule has 1 heterocycles. The van der Waals surface area contributed by atoms with Crippen LogP contribution >= 0.6 is 12.4 Å². The third kappa shape index (κ3) is 5.06. The van der Waals surface area contributed by atoms with Gasteiger partial charge in [-0.1, -0.05) is 18.2 Å². The highest BCUT2D eigenvalue weighted by molar-refractivity contribution is 5.95. The highest BCUT2D eigenvalue weighted by Crippen LogP contribution is 2.17. The molecule has 0 saturated carbocycles. The Bertz CT molecular complexity index is 658. The number of aryl methyl sites for hydroxylation is 1. The molecule has 0 radical (unpaired) electrons. The van der Waals surface area contributed by atoms with Crippen molar-refractivity contribution in [2.75, 3.05) is 33.4 Å². The molecule has 0 aliphatic carbocycles. The SMILES string of the molecule is COCCNCCNC(=O)c1cnn(-c2ccccc2C)c1C.Cl. The second-order valence-corrected chi connectivity index (χ2v) is 5.34. The summed E-state index contributed by atoms with van der Waals surface area (Å²) in [6.07, 6.45) is 1.62. The Balaban J connectivity index is 0.00000288. The maximum Gasteiger partial charge on any atom is 0.254 e. The van der Waals surface area contributed by atoms with Gasteiger partial charge in [0.1, 0.15) is 0 Å². The van der Waals surface area contributed by atoms with Gasteiger partial charge < -0.3 is 15.4 Å². The van der Waals surface area contributed by atoms with Crippen molar-refractivity contribution < 1.29 is 9.53 Å². The monoisotopic (exact) mass is 352 g/mol. The molecule has 7 heteroatoms. The molecule has 2 aromatic rings. The molecule has 0 aliphatic heterocycles. The maximum absolute atomic E-state index is 12.3. The van der Waals surface area contributed by atoms with Gasteiger partial charge in [-0.25, -0.2) is 4.68 Å². The molecule has 1 aromatic carbocycles. The first kappa shape index (κ1) is 20.2. The standard InChI is InChI=1S/C17H24N4O2.ClH/c1-13-6-4-5-7-16(13)21-14(2)15(12-20-21)17(22)19-9-8-18-10-11-23-3;/h4-7,12,18H,8-11H2,1-3H3,(H,19,22);1H. The fourth-order valence-corrected chi connectivity index (χ4v) is 2.34. The largest absolute Gasteiger partial charge is 0.383 e. The van der Waals surface area contributed by atoms with E-state index in [1.54, 1.807) is 18.0 Å². The van der Waals surface area contributed by atoms with E-state index in [2.05, 4.69) is 15.7 Å². The lowest BCUT2D eigenvalue weighted by atomic mass is 10.2. The highest BCUT2D eigenvalue weighted by Gasteiger charge is 2.15. The van der Waals surface area contributed by atoms with Crippen LogP contribution in [0.25, 0.3) is 5.69 Å². The van der Waals surface area contributed by atoms with E-state index < -0.39 is 0 Å². The van der Waals surface area contributed by atoms with Crippen LogP contribution in [0.5, 0.6) is 0 Å². The number of nitrogens with zero attached hydrogens (tertiary/aromatic N) is 2. The Morgan fingerprint density at radius 1 is 1.21 bits per heavy atom. The molecule has 0 bridgehead atoms. The van der Waals surface area contributed by atoms with Gasteiger partial charge in [0.25, 0.3) is 5.91 Å². The lowest BCUT2D eigenvalue weighted by molar-refractivity contribution is 0.0953. The molecule has 2 N–H and O–H groups in total. The minimum absolute atomic E-state index is 0. The topological polar surface area (TPSA) is 68.2 Å². The molecule has 0 fully saturated rings.